The summed E-state index contributed by atoms with van der Waals surface area (Å²) in [5.41, 5.74) is 2.67. The fourth-order valence-corrected chi connectivity index (χ4v) is 4.30. The summed E-state index contributed by atoms with van der Waals surface area (Å²) >= 11 is 0. The number of carbonyl (C=O) groups is 4. The minimum atomic E-state index is -0.514. The molecule has 1 aromatic carbocycles. The molecule has 1 N–H and O–H groups in total. The molecule has 1 atom stereocenters. The van der Waals surface area contributed by atoms with E-state index in [-0.39, 0.29) is 18.1 Å². The zero-order valence-electron chi connectivity index (χ0n) is 19.7. The lowest BCUT2D eigenvalue weighted by Crippen LogP contribution is -2.44. The first kappa shape index (κ1) is 25.5. The van der Waals surface area contributed by atoms with E-state index in [2.05, 4.69) is 16.3 Å². The Labute approximate surface area is 190 Å². The van der Waals surface area contributed by atoms with Crippen LogP contribution >= 0.6 is 0 Å². The second-order valence-corrected chi connectivity index (χ2v) is 8.52. The Hall–Kier alpha value is -2.74. The SMILES string of the molecule is CNC(=O)C(CCC=O)N(C)c1ccc(C2CCN(CCC(C)=O)CC2)cc1N(C)C=O. The normalized spacial score (nSPS) is 15.6. The molecule has 0 bridgehead atoms. The average Bonchev–Trinajstić information content (AvgIpc) is 2.81. The number of rotatable bonds is 12. The molecule has 2 rings (SSSR count). The summed E-state index contributed by atoms with van der Waals surface area (Å²) in [6.45, 7) is 4.34. The van der Waals surface area contributed by atoms with Crippen LogP contribution in [0.2, 0.25) is 0 Å². The van der Waals surface area contributed by atoms with Gasteiger partial charge in [0.1, 0.15) is 18.1 Å². The van der Waals surface area contributed by atoms with Crippen molar-refractivity contribution in [3.8, 4) is 0 Å². The summed E-state index contributed by atoms with van der Waals surface area (Å²) in [5.74, 6) is 0.430. The van der Waals surface area contributed by atoms with Gasteiger partial charge in [-0.05, 0) is 62.9 Å². The number of likely N-dealkylation sites (N-methyl/N-ethyl adjacent to an activating group) is 2. The lowest BCUT2D eigenvalue weighted by molar-refractivity contribution is -0.122. The molecular formula is C24H36N4O4. The fraction of sp³-hybridized carbons (Fsp3) is 0.583. The first-order valence-corrected chi connectivity index (χ1v) is 11.2. The number of carbonyl (C=O) groups excluding carboxylic acids is 4. The van der Waals surface area contributed by atoms with Crippen molar-refractivity contribution in [3.05, 3.63) is 23.8 Å². The highest BCUT2D eigenvalue weighted by Crippen LogP contribution is 2.36. The van der Waals surface area contributed by atoms with Crippen LogP contribution in [0.1, 0.15) is 50.5 Å². The van der Waals surface area contributed by atoms with Crippen LogP contribution in [0.4, 0.5) is 11.4 Å². The lowest BCUT2D eigenvalue weighted by atomic mass is 9.88. The quantitative estimate of drug-likeness (QED) is 0.496. The Morgan fingerprint density at radius 1 is 1.19 bits per heavy atom. The van der Waals surface area contributed by atoms with Crippen molar-refractivity contribution in [1.82, 2.24) is 10.2 Å². The standard InChI is InChI=1S/C24H36N4O4/c1-18(31)9-12-28-13-10-19(11-14-28)20-7-8-21(23(16-20)26(3)17-30)27(4)22(6-5-15-29)24(32)25-2/h7-8,15-17,19,22H,5-6,9-14H2,1-4H3,(H,25,32). The number of likely N-dealkylation sites (tertiary alicyclic amines) is 1. The first-order valence-electron chi connectivity index (χ1n) is 11.2. The molecule has 1 saturated heterocycles. The Morgan fingerprint density at radius 3 is 2.44 bits per heavy atom. The van der Waals surface area contributed by atoms with Crippen LogP contribution in [0.3, 0.4) is 0 Å². The van der Waals surface area contributed by atoms with Crippen molar-refractivity contribution >= 4 is 35.8 Å². The maximum absolute atomic E-state index is 12.4. The van der Waals surface area contributed by atoms with Crippen molar-refractivity contribution in [2.75, 3.05) is 50.6 Å². The van der Waals surface area contributed by atoms with Gasteiger partial charge in [0.05, 0.1) is 11.4 Å². The van der Waals surface area contributed by atoms with Crippen molar-refractivity contribution in [2.24, 2.45) is 0 Å². The van der Waals surface area contributed by atoms with E-state index in [1.54, 1.807) is 21.0 Å². The number of nitrogens with one attached hydrogen (secondary N) is 1. The Balaban J connectivity index is 2.24. The molecule has 1 heterocycles. The fourth-order valence-electron chi connectivity index (χ4n) is 4.30. The predicted molar refractivity (Wildman–Crippen MR) is 126 cm³/mol. The molecule has 8 nitrogen and oxygen atoms in total. The smallest absolute Gasteiger partial charge is 0.242 e. The molecule has 0 saturated carbocycles. The topological polar surface area (TPSA) is 90.0 Å². The third-order valence-electron chi connectivity index (χ3n) is 6.33. The van der Waals surface area contributed by atoms with E-state index in [1.165, 1.54) is 10.5 Å². The van der Waals surface area contributed by atoms with Gasteiger partial charge in [-0.15, -0.1) is 0 Å². The van der Waals surface area contributed by atoms with Gasteiger partial charge in [0.25, 0.3) is 0 Å². The van der Waals surface area contributed by atoms with Crippen molar-refractivity contribution in [1.29, 1.82) is 0 Å². The molecule has 1 aromatic rings. The van der Waals surface area contributed by atoms with Gasteiger partial charge in [-0.1, -0.05) is 6.07 Å². The number of amides is 2. The Kier molecular flexibility index (Phi) is 9.84. The van der Waals surface area contributed by atoms with Gasteiger partial charge in [-0.2, -0.15) is 0 Å². The molecule has 1 unspecified atom stereocenters. The molecule has 1 fully saturated rings. The number of hydrogen-bond acceptors (Lipinski definition) is 6. The largest absolute Gasteiger partial charge is 0.361 e. The molecule has 1 aliphatic rings. The van der Waals surface area contributed by atoms with E-state index in [0.717, 1.165) is 56.5 Å². The summed E-state index contributed by atoms with van der Waals surface area (Å²) < 4.78 is 0. The van der Waals surface area contributed by atoms with E-state index in [9.17, 15) is 19.2 Å². The van der Waals surface area contributed by atoms with Crippen LogP contribution in [0.15, 0.2) is 18.2 Å². The van der Waals surface area contributed by atoms with Gasteiger partial charge in [0, 0.05) is 40.5 Å². The molecule has 0 spiro atoms. The lowest BCUT2D eigenvalue weighted by Gasteiger charge is -2.34. The molecule has 0 aliphatic carbocycles. The van der Waals surface area contributed by atoms with Crippen LogP contribution in [0.25, 0.3) is 0 Å². The molecule has 176 valence electrons. The Morgan fingerprint density at radius 2 is 1.88 bits per heavy atom. The number of Topliss-reactive ketones (excluding diaryl/α,β-unsaturated/α-hetero) is 1. The second-order valence-electron chi connectivity index (χ2n) is 8.52. The van der Waals surface area contributed by atoms with Crippen LogP contribution < -0.4 is 15.1 Å². The van der Waals surface area contributed by atoms with Gasteiger partial charge < -0.3 is 24.8 Å². The minimum absolute atomic E-state index is 0.170. The minimum Gasteiger partial charge on any atom is -0.361 e. The third kappa shape index (κ3) is 6.63. The maximum atomic E-state index is 12.4. The number of anilines is 2. The van der Waals surface area contributed by atoms with Gasteiger partial charge in [-0.3, -0.25) is 14.4 Å². The van der Waals surface area contributed by atoms with Gasteiger partial charge in [-0.25, -0.2) is 0 Å². The highest BCUT2D eigenvalue weighted by atomic mass is 16.2. The maximum Gasteiger partial charge on any atom is 0.242 e. The first-order chi connectivity index (χ1) is 15.3. The van der Waals surface area contributed by atoms with Crippen LogP contribution in [-0.4, -0.2) is 76.1 Å². The number of benzene rings is 1. The average molecular weight is 445 g/mol. The third-order valence-corrected chi connectivity index (χ3v) is 6.33. The highest BCUT2D eigenvalue weighted by Gasteiger charge is 2.26. The molecule has 32 heavy (non-hydrogen) atoms. The summed E-state index contributed by atoms with van der Waals surface area (Å²) in [7, 11) is 5.10. The van der Waals surface area contributed by atoms with Gasteiger partial charge >= 0.3 is 0 Å². The van der Waals surface area contributed by atoms with E-state index >= 15 is 0 Å². The van der Waals surface area contributed by atoms with Crippen molar-refractivity contribution in [2.45, 2.75) is 51.0 Å². The second kappa shape index (κ2) is 12.3. The number of ketones is 1. The zero-order chi connectivity index (χ0) is 23.7. The molecular weight excluding hydrogens is 408 g/mol. The van der Waals surface area contributed by atoms with E-state index < -0.39 is 6.04 Å². The molecule has 0 radical (unpaired) electrons. The number of nitrogens with zero attached hydrogens (tertiary/aromatic N) is 3. The summed E-state index contributed by atoms with van der Waals surface area (Å²) in [6.07, 6.45) is 4.84. The number of aldehydes is 1. The summed E-state index contributed by atoms with van der Waals surface area (Å²) in [6, 6.07) is 5.56. The van der Waals surface area contributed by atoms with Crippen LogP contribution in [0, 0.1) is 0 Å². The number of hydrogen-bond donors (Lipinski definition) is 1. The van der Waals surface area contributed by atoms with Crippen LogP contribution in [0.5, 0.6) is 0 Å². The zero-order valence-corrected chi connectivity index (χ0v) is 19.7. The summed E-state index contributed by atoms with van der Waals surface area (Å²) in [5, 5.41) is 2.67. The predicted octanol–water partition coefficient (Wildman–Crippen LogP) is 1.97. The van der Waals surface area contributed by atoms with Gasteiger partial charge in [0.2, 0.25) is 12.3 Å². The van der Waals surface area contributed by atoms with E-state index in [0.29, 0.717) is 18.8 Å². The van der Waals surface area contributed by atoms with Crippen molar-refractivity contribution < 1.29 is 19.2 Å². The number of piperidine rings is 1. The van der Waals surface area contributed by atoms with Crippen LogP contribution in [-0.2, 0) is 19.2 Å². The summed E-state index contributed by atoms with van der Waals surface area (Å²) in [4.78, 5) is 51.9. The Bertz CT molecular complexity index is 805. The monoisotopic (exact) mass is 444 g/mol. The molecule has 8 heteroatoms. The van der Waals surface area contributed by atoms with E-state index in [1.807, 2.05) is 24.1 Å². The molecule has 0 aromatic heterocycles. The highest BCUT2D eigenvalue weighted by molar-refractivity contribution is 5.89. The van der Waals surface area contributed by atoms with Crippen molar-refractivity contribution in [3.63, 3.8) is 0 Å². The molecule has 2 amide bonds. The van der Waals surface area contributed by atoms with Gasteiger partial charge in [0.15, 0.2) is 0 Å². The molecule has 1 aliphatic heterocycles. The van der Waals surface area contributed by atoms with E-state index in [4.69, 9.17) is 0 Å².